The molecule has 0 aliphatic rings. The fourth-order valence-electron chi connectivity index (χ4n) is 1.89. The van der Waals surface area contributed by atoms with Gasteiger partial charge in [0.2, 0.25) is 0 Å². The van der Waals surface area contributed by atoms with Crippen LogP contribution in [0.4, 0.5) is 0 Å². The number of rotatable bonds is 6. The number of methoxy groups -OCH3 is 1. The molecule has 0 aromatic heterocycles. The largest absolute Gasteiger partial charge is 0.493 e. The van der Waals surface area contributed by atoms with Gasteiger partial charge in [-0.05, 0) is 51.9 Å². The minimum absolute atomic E-state index is 0.0944. The molecule has 0 bridgehead atoms. The van der Waals surface area contributed by atoms with Gasteiger partial charge in [0.25, 0.3) is 0 Å². The zero-order valence-corrected chi connectivity index (χ0v) is 15.9. The van der Waals surface area contributed by atoms with Gasteiger partial charge in [-0.1, -0.05) is 29.8 Å². The van der Waals surface area contributed by atoms with E-state index in [0.717, 1.165) is 15.6 Å². The number of benzene rings is 2. The van der Waals surface area contributed by atoms with Crippen LogP contribution in [0.3, 0.4) is 0 Å². The van der Waals surface area contributed by atoms with Crippen LogP contribution in [0.25, 0.3) is 0 Å². The molecule has 0 saturated carbocycles. The van der Waals surface area contributed by atoms with Crippen molar-refractivity contribution in [2.75, 3.05) is 7.11 Å². The van der Waals surface area contributed by atoms with Gasteiger partial charge in [0.1, 0.15) is 6.61 Å². The van der Waals surface area contributed by atoms with E-state index in [1.54, 1.807) is 19.4 Å². The lowest BCUT2D eigenvalue weighted by Gasteiger charge is -2.14. The van der Waals surface area contributed by atoms with Crippen LogP contribution in [-0.2, 0) is 6.61 Å². The summed E-state index contributed by atoms with van der Waals surface area (Å²) in [5.74, 6) is 1.14. The predicted molar refractivity (Wildman–Crippen MR) is 104 cm³/mol. The number of hydrogen-bond acceptors (Lipinski definition) is 4. The van der Waals surface area contributed by atoms with Crippen LogP contribution in [0.15, 0.2) is 46.0 Å². The topological polar surface area (TPSA) is 68.9 Å². The van der Waals surface area contributed by atoms with Crippen LogP contribution in [0, 0.1) is 0 Å². The second kappa shape index (κ2) is 8.86. The summed E-state index contributed by atoms with van der Waals surface area (Å²) in [6, 6.07) is 11.1. The summed E-state index contributed by atoms with van der Waals surface area (Å²) in [6.07, 6.45) is 1.57. The van der Waals surface area contributed by atoms with Crippen molar-refractivity contribution in [1.29, 1.82) is 0 Å². The number of ether oxygens (including phenoxy) is 2. The van der Waals surface area contributed by atoms with Crippen molar-refractivity contribution in [2.24, 2.45) is 10.8 Å². The van der Waals surface area contributed by atoms with Gasteiger partial charge in [-0.3, -0.25) is 5.43 Å². The van der Waals surface area contributed by atoms with Gasteiger partial charge in [-0.15, -0.1) is 0 Å². The second-order valence-corrected chi connectivity index (χ2v) is 6.35. The Bertz CT molecular complexity index is 771. The SMILES string of the molecule is COc1cc(/C=N\NC(N)=S)cc(Br)c1OCc1ccccc1Cl. The molecule has 0 atom stereocenters. The molecule has 3 N–H and O–H groups in total. The molecule has 0 aliphatic carbocycles. The van der Waals surface area contributed by atoms with Gasteiger partial charge >= 0.3 is 0 Å². The van der Waals surface area contributed by atoms with Crippen LogP contribution in [0.2, 0.25) is 5.02 Å². The minimum atomic E-state index is 0.0944. The van der Waals surface area contributed by atoms with Crippen LogP contribution in [-0.4, -0.2) is 18.4 Å². The lowest BCUT2D eigenvalue weighted by Crippen LogP contribution is -2.23. The Labute approximate surface area is 158 Å². The van der Waals surface area contributed by atoms with Crippen molar-refractivity contribution in [1.82, 2.24) is 5.43 Å². The van der Waals surface area contributed by atoms with Gasteiger partial charge in [0.15, 0.2) is 16.6 Å². The summed E-state index contributed by atoms with van der Waals surface area (Å²) >= 11 is 14.3. The van der Waals surface area contributed by atoms with Gasteiger partial charge in [-0.25, -0.2) is 0 Å². The van der Waals surface area contributed by atoms with Crippen molar-refractivity contribution in [3.05, 3.63) is 57.0 Å². The first-order chi connectivity index (χ1) is 11.5. The lowest BCUT2D eigenvalue weighted by molar-refractivity contribution is 0.282. The Morgan fingerprint density at radius 3 is 2.83 bits per heavy atom. The maximum atomic E-state index is 6.14. The third kappa shape index (κ3) is 5.09. The lowest BCUT2D eigenvalue weighted by atomic mass is 10.2. The molecule has 0 radical (unpaired) electrons. The molecule has 2 aromatic rings. The summed E-state index contributed by atoms with van der Waals surface area (Å²) in [5, 5.41) is 4.66. The second-order valence-electron chi connectivity index (χ2n) is 4.65. The maximum Gasteiger partial charge on any atom is 0.184 e. The number of hydrogen-bond donors (Lipinski definition) is 2. The Balaban J connectivity index is 2.19. The van der Waals surface area contributed by atoms with Gasteiger partial charge < -0.3 is 15.2 Å². The Morgan fingerprint density at radius 1 is 1.42 bits per heavy atom. The standard InChI is InChI=1S/C16H15BrClN3O2S/c1-22-14-7-10(8-20-21-16(19)24)6-12(17)15(14)23-9-11-4-2-3-5-13(11)18/h2-8H,9H2,1H3,(H3,19,21,24)/b20-8-. The van der Waals surface area contributed by atoms with Gasteiger partial charge in [-0.2, -0.15) is 5.10 Å². The molecule has 0 unspecified atom stereocenters. The van der Waals surface area contributed by atoms with E-state index in [2.05, 4.69) is 38.7 Å². The maximum absolute atomic E-state index is 6.14. The highest BCUT2D eigenvalue weighted by Gasteiger charge is 2.12. The first kappa shape index (κ1) is 18.5. The monoisotopic (exact) mass is 427 g/mol. The normalized spacial score (nSPS) is 10.6. The number of nitrogens with one attached hydrogen (secondary N) is 1. The number of nitrogens with two attached hydrogens (primary N) is 1. The average molecular weight is 429 g/mol. The Hall–Kier alpha value is -1.83. The van der Waals surface area contributed by atoms with E-state index < -0.39 is 0 Å². The van der Waals surface area contributed by atoms with E-state index in [1.807, 2.05) is 30.3 Å². The van der Waals surface area contributed by atoms with E-state index >= 15 is 0 Å². The molecule has 0 amide bonds. The van der Waals surface area contributed by atoms with E-state index in [4.69, 9.17) is 26.8 Å². The molecule has 0 heterocycles. The summed E-state index contributed by atoms with van der Waals surface area (Å²) in [4.78, 5) is 0. The van der Waals surface area contributed by atoms with E-state index in [9.17, 15) is 0 Å². The van der Waals surface area contributed by atoms with E-state index in [-0.39, 0.29) is 5.11 Å². The summed E-state index contributed by atoms with van der Waals surface area (Å²) in [5.41, 5.74) is 9.48. The van der Waals surface area contributed by atoms with Gasteiger partial charge in [0.05, 0.1) is 17.8 Å². The van der Waals surface area contributed by atoms with Crippen LogP contribution in [0.1, 0.15) is 11.1 Å². The van der Waals surface area contributed by atoms with Crippen molar-refractivity contribution in [3.63, 3.8) is 0 Å². The molecule has 0 aliphatic heterocycles. The zero-order valence-electron chi connectivity index (χ0n) is 12.8. The fourth-order valence-corrected chi connectivity index (χ4v) is 2.71. The van der Waals surface area contributed by atoms with E-state index in [1.165, 1.54) is 0 Å². The summed E-state index contributed by atoms with van der Waals surface area (Å²) < 4.78 is 12.0. The highest BCUT2D eigenvalue weighted by Crippen LogP contribution is 2.37. The minimum Gasteiger partial charge on any atom is -0.493 e. The van der Waals surface area contributed by atoms with Crippen LogP contribution in [0.5, 0.6) is 11.5 Å². The fraction of sp³-hybridized carbons (Fsp3) is 0.125. The quantitative estimate of drug-likeness (QED) is 0.415. The highest BCUT2D eigenvalue weighted by atomic mass is 79.9. The van der Waals surface area contributed by atoms with Crippen molar-refractivity contribution in [3.8, 4) is 11.5 Å². The molecule has 126 valence electrons. The van der Waals surface area contributed by atoms with Crippen LogP contribution < -0.4 is 20.6 Å². The molecule has 0 spiro atoms. The number of nitrogens with zero attached hydrogens (tertiary/aromatic N) is 1. The average Bonchev–Trinajstić information content (AvgIpc) is 2.54. The molecule has 2 aromatic carbocycles. The molecule has 0 fully saturated rings. The third-order valence-corrected chi connectivity index (χ3v) is 4.02. The van der Waals surface area contributed by atoms with Crippen molar-refractivity contribution < 1.29 is 9.47 Å². The van der Waals surface area contributed by atoms with Gasteiger partial charge in [0, 0.05) is 10.6 Å². The van der Waals surface area contributed by atoms with Crippen LogP contribution >= 0.6 is 39.7 Å². The molecule has 2 rings (SSSR count). The smallest absolute Gasteiger partial charge is 0.184 e. The highest BCUT2D eigenvalue weighted by molar-refractivity contribution is 9.10. The number of halogens is 2. The van der Waals surface area contributed by atoms with Crippen molar-refractivity contribution in [2.45, 2.75) is 6.61 Å². The molecule has 0 saturated heterocycles. The molecule has 5 nitrogen and oxygen atoms in total. The zero-order chi connectivity index (χ0) is 17.5. The summed E-state index contributed by atoms with van der Waals surface area (Å²) in [7, 11) is 1.57. The predicted octanol–water partition coefficient (Wildman–Crippen LogP) is 3.86. The molecule has 8 heteroatoms. The first-order valence-corrected chi connectivity index (χ1v) is 8.41. The van der Waals surface area contributed by atoms with Crippen molar-refractivity contribution >= 4 is 51.1 Å². The first-order valence-electron chi connectivity index (χ1n) is 6.83. The Morgan fingerprint density at radius 2 is 2.17 bits per heavy atom. The summed E-state index contributed by atoms with van der Waals surface area (Å²) in [6.45, 7) is 0.324. The Kier molecular flexibility index (Phi) is 6.84. The third-order valence-electron chi connectivity index (χ3n) is 2.97. The number of thiocarbonyl (C=S) groups is 1. The molecular weight excluding hydrogens is 414 g/mol. The van der Waals surface area contributed by atoms with E-state index in [0.29, 0.717) is 23.1 Å². The molecular formula is C16H15BrClN3O2S. The number of hydrazone groups is 1. The molecule has 24 heavy (non-hydrogen) atoms.